The van der Waals surface area contributed by atoms with Crippen LogP contribution in [-0.2, 0) is 0 Å². The van der Waals surface area contributed by atoms with Gasteiger partial charge < -0.3 is 19.3 Å². The summed E-state index contributed by atoms with van der Waals surface area (Å²) in [5, 5.41) is 9.10. The van der Waals surface area contributed by atoms with Crippen molar-refractivity contribution in [1.29, 1.82) is 0 Å². The van der Waals surface area contributed by atoms with Gasteiger partial charge in [0.05, 0.1) is 12.0 Å². The van der Waals surface area contributed by atoms with E-state index < -0.39 is 5.82 Å². The number of rotatable bonds is 7. The van der Waals surface area contributed by atoms with Crippen molar-refractivity contribution in [2.45, 2.75) is 13.0 Å². The second kappa shape index (κ2) is 8.32. The van der Waals surface area contributed by atoms with Gasteiger partial charge in [-0.3, -0.25) is 0 Å². The highest BCUT2D eigenvalue weighted by Crippen LogP contribution is 2.33. The van der Waals surface area contributed by atoms with E-state index in [4.69, 9.17) is 14.0 Å². The van der Waals surface area contributed by atoms with E-state index in [2.05, 4.69) is 15.5 Å². The fourth-order valence-corrected chi connectivity index (χ4v) is 3.37. The molecule has 0 saturated heterocycles. The van der Waals surface area contributed by atoms with Crippen molar-refractivity contribution in [2.24, 2.45) is 0 Å². The van der Waals surface area contributed by atoms with Crippen LogP contribution in [-0.4, -0.2) is 17.3 Å². The van der Waals surface area contributed by atoms with Gasteiger partial charge in [-0.25, -0.2) is 4.39 Å². The Balaban J connectivity index is 1.46. The molecule has 0 spiro atoms. The van der Waals surface area contributed by atoms with Crippen molar-refractivity contribution in [1.82, 2.24) is 10.1 Å². The first-order chi connectivity index (χ1) is 14.1. The summed E-state index contributed by atoms with van der Waals surface area (Å²) in [6.45, 7) is 1.86. The van der Waals surface area contributed by atoms with E-state index in [0.717, 1.165) is 4.88 Å². The zero-order chi connectivity index (χ0) is 20.2. The van der Waals surface area contributed by atoms with Gasteiger partial charge in [0.2, 0.25) is 11.7 Å². The summed E-state index contributed by atoms with van der Waals surface area (Å²) in [5.74, 6) is 1.53. The van der Waals surface area contributed by atoms with E-state index in [1.54, 1.807) is 30.3 Å². The van der Waals surface area contributed by atoms with Gasteiger partial charge in [-0.2, -0.15) is 4.98 Å². The molecule has 0 aliphatic heterocycles. The van der Waals surface area contributed by atoms with E-state index in [0.29, 0.717) is 28.9 Å². The zero-order valence-electron chi connectivity index (χ0n) is 15.8. The molecular formula is C21H18FN3O3S. The van der Waals surface area contributed by atoms with Crippen LogP contribution < -0.4 is 14.8 Å². The quantitative estimate of drug-likeness (QED) is 0.408. The number of aromatic nitrogens is 2. The Morgan fingerprint density at radius 2 is 1.90 bits per heavy atom. The maximum Gasteiger partial charge on any atom is 0.249 e. The summed E-state index contributed by atoms with van der Waals surface area (Å²) in [6.07, 6.45) is 0. The first kappa shape index (κ1) is 18.9. The number of hydrogen-bond donors (Lipinski definition) is 1. The predicted molar refractivity (Wildman–Crippen MR) is 109 cm³/mol. The van der Waals surface area contributed by atoms with Gasteiger partial charge in [0.25, 0.3) is 0 Å². The van der Waals surface area contributed by atoms with Crippen molar-refractivity contribution in [3.8, 4) is 28.0 Å². The predicted octanol–water partition coefficient (Wildman–Crippen LogP) is 5.91. The minimum absolute atomic E-state index is 0.102. The van der Waals surface area contributed by atoms with Gasteiger partial charge in [-0.05, 0) is 42.6 Å². The summed E-state index contributed by atoms with van der Waals surface area (Å²) < 4.78 is 30.8. The number of para-hydroxylation sites is 2. The Bertz CT molecular complexity index is 1100. The number of nitrogens with zero attached hydrogens (tertiary/aromatic N) is 2. The fourth-order valence-electron chi connectivity index (χ4n) is 2.72. The van der Waals surface area contributed by atoms with Crippen LogP contribution in [0.25, 0.3) is 10.7 Å². The maximum atomic E-state index is 14.6. The van der Waals surface area contributed by atoms with Crippen molar-refractivity contribution in [2.75, 3.05) is 12.4 Å². The van der Waals surface area contributed by atoms with Crippen LogP contribution in [0.2, 0.25) is 0 Å². The highest BCUT2D eigenvalue weighted by molar-refractivity contribution is 7.13. The van der Waals surface area contributed by atoms with Gasteiger partial charge >= 0.3 is 0 Å². The van der Waals surface area contributed by atoms with Gasteiger partial charge in [0.1, 0.15) is 6.04 Å². The van der Waals surface area contributed by atoms with Gasteiger partial charge in [0, 0.05) is 11.8 Å². The molecule has 1 N–H and O–H groups in total. The summed E-state index contributed by atoms with van der Waals surface area (Å²) in [6, 6.07) is 15.3. The highest BCUT2D eigenvalue weighted by atomic mass is 32.1. The monoisotopic (exact) mass is 411 g/mol. The first-order valence-electron chi connectivity index (χ1n) is 8.88. The van der Waals surface area contributed by atoms with Crippen molar-refractivity contribution in [3.63, 3.8) is 0 Å². The lowest BCUT2D eigenvalue weighted by molar-refractivity contribution is 0.367. The number of halogens is 1. The molecule has 2 aromatic heterocycles. The Morgan fingerprint density at radius 1 is 1.07 bits per heavy atom. The van der Waals surface area contributed by atoms with Crippen LogP contribution in [0.15, 0.2) is 64.5 Å². The molecule has 4 rings (SSSR count). The molecule has 148 valence electrons. The smallest absolute Gasteiger partial charge is 0.249 e. The molecule has 0 bridgehead atoms. The Morgan fingerprint density at radius 3 is 2.62 bits per heavy atom. The number of nitrogens with one attached hydrogen (secondary N) is 1. The molecule has 0 saturated carbocycles. The third-order valence-electron chi connectivity index (χ3n) is 4.16. The molecular weight excluding hydrogens is 393 g/mol. The van der Waals surface area contributed by atoms with Crippen LogP contribution in [0, 0.1) is 5.82 Å². The lowest BCUT2D eigenvalue weighted by atomic mass is 10.2. The maximum absolute atomic E-state index is 14.6. The van der Waals surface area contributed by atoms with Gasteiger partial charge in [-0.15, -0.1) is 11.3 Å². The SMILES string of the molecule is COc1ccccc1Oc1ccc(NC(C)c2nc(-c3cccs3)no2)cc1F. The molecule has 0 amide bonds. The Hall–Kier alpha value is -3.39. The first-order valence-corrected chi connectivity index (χ1v) is 9.76. The van der Waals surface area contributed by atoms with E-state index in [1.165, 1.54) is 24.5 Å². The Kier molecular flexibility index (Phi) is 5.44. The molecule has 8 heteroatoms. The average molecular weight is 411 g/mol. The summed E-state index contributed by atoms with van der Waals surface area (Å²) in [7, 11) is 1.54. The van der Waals surface area contributed by atoms with Crippen LogP contribution in [0.5, 0.6) is 17.2 Å². The topological polar surface area (TPSA) is 69.4 Å². The number of thiophene rings is 1. The number of anilines is 1. The van der Waals surface area contributed by atoms with E-state index >= 15 is 0 Å². The summed E-state index contributed by atoms with van der Waals surface area (Å²) in [4.78, 5) is 5.33. The van der Waals surface area contributed by atoms with E-state index in [-0.39, 0.29) is 11.8 Å². The summed E-state index contributed by atoms with van der Waals surface area (Å²) >= 11 is 1.53. The van der Waals surface area contributed by atoms with Gasteiger partial charge in [-0.1, -0.05) is 23.4 Å². The largest absolute Gasteiger partial charge is 0.493 e. The second-order valence-electron chi connectivity index (χ2n) is 6.20. The number of ether oxygens (including phenoxy) is 2. The normalized spacial score (nSPS) is 11.8. The Labute approximate surface area is 170 Å². The second-order valence-corrected chi connectivity index (χ2v) is 7.15. The van der Waals surface area contributed by atoms with E-state index in [1.807, 2.05) is 30.5 Å². The molecule has 29 heavy (non-hydrogen) atoms. The molecule has 1 unspecified atom stereocenters. The fraction of sp³-hybridized carbons (Fsp3) is 0.143. The molecule has 0 radical (unpaired) electrons. The van der Waals surface area contributed by atoms with Crippen LogP contribution >= 0.6 is 11.3 Å². The molecule has 6 nitrogen and oxygen atoms in total. The van der Waals surface area contributed by atoms with Crippen molar-refractivity contribution >= 4 is 17.0 Å². The van der Waals surface area contributed by atoms with Crippen LogP contribution in [0.1, 0.15) is 18.9 Å². The molecule has 0 aliphatic carbocycles. The van der Waals surface area contributed by atoms with Crippen molar-refractivity contribution in [3.05, 3.63) is 71.7 Å². The average Bonchev–Trinajstić information content (AvgIpc) is 3.42. The standard InChI is InChI=1S/C21H18FN3O3S/c1-13(21-24-20(25-28-21)19-8-5-11-29-19)23-14-9-10-16(15(22)12-14)27-18-7-4-3-6-17(18)26-2/h3-13,23H,1-2H3. The summed E-state index contributed by atoms with van der Waals surface area (Å²) in [5.41, 5.74) is 0.568. The van der Waals surface area contributed by atoms with Crippen LogP contribution in [0.4, 0.5) is 10.1 Å². The molecule has 2 heterocycles. The number of hydrogen-bond acceptors (Lipinski definition) is 7. The minimum Gasteiger partial charge on any atom is -0.493 e. The molecule has 4 aromatic rings. The number of methoxy groups -OCH3 is 1. The van der Waals surface area contributed by atoms with Gasteiger partial charge in [0.15, 0.2) is 23.1 Å². The van der Waals surface area contributed by atoms with Crippen LogP contribution in [0.3, 0.4) is 0 Å². The lowest BCUT2D eigenvalue weighted by Crippen LogP contribution is -2.07. The van der Waals surface area contributed by atoms with E-state index in [9.17, 15) is 4.39 Å². The molecule has 2 aromatic carbocycles. The third kappa shape index (κ3) is 4.22. The molecule has 0 aliphatic rings. The van der Waals surface area contributed by atoms with Crippen molar-refractivity contribution < 1.29 is 18.4 Å². The highest BCUT2D eigenvalue weighted by Gasteiger charge is 2.17. The number of benzene rings is 2. The molecule has 1 atom stereocenters. The third-order valence-corrected chi connectivity index (χ3v) is 5.02. The lowest BCUT2D eigenvalue weighted by Gasteiger charge is -2.14. The molecule has 0 fully saturated rings. The zero-order valence-corrected chi connectivity index (χ0v) is 16.6. The minimum atomic E-state index is -0.502.